The molecular formula is C23H17N3O. The second-order valence-electron chi connectivity index (χ2n) is 6.40. The summed E-state index contributed by atoms with van der Waals surface area (Å²) in [5.74, 6) is 0.634. The predicted molar refractivity (Wildman–Crippen MR) is 106 cm³/mol. The van der Waals surface area contributed by atoms with Gasteiger partial charge in [0, 0.05) is 0 Å². The van der Waals surface area contributed by atoms with Gasteiger partial charge in [0.25, 0.3) is 5.56 Å². The van der Waals surface area contributed by atoms with E-state index in [4.69, 9.17) is 0 Å². The average Bonchev–Trinajstić information content (AvgIpc) is 2.72. The first-order chi connectivity index (χ1) is 13.2. The van der Waals surface area contributed by atoms with Crippen molar-refractivity contribution in [3.63, 3.8) is 0 Å². The molecule has 0 amide bonds. The molecule has 1 heterocycles. The number of nitrogens with zero attached hydrogens (tertiary/aromatic N) is 3. The fourth-order valence-corrected chi connectivity index (χ4v) is 3.44. The van der Waals surface area contributed by atoms with E-state index in [2.05, 4.69) is 11.1 Å². The van der Waals surface area contributed by atoms with Gasteiger partial charge in [0.2, 0.25) is 0 Å². The molecule has 0 radical (unpaired) electrons. The summed E-state index contributed by atoms with van der Waals surface area (Å²) in [7, 11) is 0. The van der Waals surface area contributed by atoms with Gasteiger partial charge in [-0.25, -0.2) is 4.98 Å². The Labute approximate surface area is 157 Å². The molecule has 27 heavy (non-hydrogen) atoms. The van der Waals surface area contributed by atoms with E-state index in [0.29, 0.717) is 22.3 Å². The molecule has 0 fully saturated rings. The third-order valence-corrected chi connectivity index (χ3v) is 4.69. The predicted octanol–water partition coefficient (Wildman–Crippen LogP) is 4.21. The summed E-state index contributed by atoms with van der Waals surface area (Å²) in [6, 6.07) is 26.7. The number of rotatable bonds is 3. The second-order valence-corrected chi connectivity index (χ2v) is 6.40. The summed E-state index contributed by atoms with van der Waals surface area (Å²) in [5, 5.41) is 9.65. The maximum atomic E-state index is 13.4. The monoisotopic (exact) mass is 351 g/mol. The Morgan fingerprint density at radius 2 is 1.52 bits per heavy atom. The summed E-state index contributed by atoms with van der Waals surface area (Å²) in [4.78, 5) is 18.1. The van der Waals surface area contributed by atoms with Gasteiger partial charge in [0.1, 0.15) is 5.82 Å². The van der Waals surface area contributed by atoms with Crippen LogP contribution in [0.3, 0.4) is 0 Å². The third kappa shape index (κ3) is 3.00. The Bertz CT molecular complexity index is 1170. The van der Waals surface area contributed by atoms with Crippen LogP contribution >= 0.6 is 0 Å². The summed E-state index contributed by atoms with van der Waals surface area (Å²) in [6.07, 6.45) is 0. The van der Waals surface area contributed by atoms with Gasteiger partial charge >= 0.3 is 0 Å². The quantitative estimate of drug-likeness (QED) is 0.555. The minimum absolute atomic E-state index is 0.146. The molecule has 1 aromatic heterocycles. The lowest BCUT2D eigenvalue weighted by Gasteiger charge is -2.23. The molecular weight excluding hydrogens is 334 g/mol. The number of nitriles is 1. The van der Waals surface area contributed by atoms with Crippen LogP contribution in [0.25, 0.3) is 10.9 Å². The number of hydrogen-bond donors (Lipinski definition) is 0. The van der Waals surface area contributed by atoms with Crippen LogP contribution in [0.15, 0.2) is 83.7 Å². The molecule has 0 N–H and O–H groups in total. The Kier molecular flexibility index (Phi) is 4.27. The van der Waals surface area contributed by atoms with Crippen LogP contribution in [0.1, 0.15) is 28.6 Å². The highest BCUT2D eigenvalue weighted by Gasteiger charge is 2.21. The van der Waals surface area contributed by atoms with Crippen molar-refractivity contribution >= 4 is 10.9 Å². The number of aryl methyl sites for hydroxylation is 1. The molecule has 0 aliphatic carbocycles. The molecule has 0 aliphatic heterocycles. The average molecular weight is 351 g/mol. The van der Waals surface area contributed by atoms with Crippen LogP contribution in [0.4, 0.5) is 0 Å². The summed E-state index contributed by atoms with van der Waals surface area (Å²) >= 11 is 0. The highest BCUT2D eigenvalue weighted by atomic mass is 16.1. The van der Waals surface area contributed by atoms with E-state index in [1.165, 1.54) is 0 Å². The molecule has 4 heteroatoms. The van der Waals surface area contributed by atoms with Crippen molar-refractivity contribution in [2.75, 3.05) is 0 Å². The standard InChI is InChI=1S/C23H17N3O/c1-16-25-21-13-12-17(15-24)14-20(21)23(27)26(16)22(18-8-4-2-5-9-18)19-10-6-3-7-11-19/h2-14,22H,1H3. The Hall–Kier alpha value is -3.71. The normalized spacial score (nSPS) is 10.9. The van der Waals surface area contributed by atoms with Crippen molar-refractivity contribution in [2.24, 2.45) is 0 Å². The molecule has 4 aromatic rings. The lowest BCUT2D eigenvalue weighted by molar-refractivity contribution is 0.620. The van der Waals surface area contributed by atoms with E-state index in [1.54, 1.807) is 22.8 Å². The minimum atomic E-state index is -0.289. The van der Waals surface area contributed by atoms with Crippen molar-refractivity contribution in [3.8, 4) is 6.07 Å². The fourth-order valence-electron chi connectivity index (χ4n) is 3.44. The molecule has 0 spiro atoms. The lowest BCUT2D eigenvalue weighted by atomic mass is 9.98. The molecule has 4 rings (SSSR count). The van der Waals surface area contributed by atoms with E-state index in [1.807, 2.05) is 67.6 Å². The topological polar surface area (TPSA) is 58.7 Å². The molecule has 0 saturated heterocycles. The van der Waals surface area contributed by atoms with Crippen LogP contribution in [0.2, 0.25) is 0 Å². The van der Waals surface area contributed by atoms with Gasteiger partial charge in [-0.15, -0.1) is 0 Å². The maximum Gasteiger partial charge on any atom is 0.262 e. The van der Waals surface area contributed by atoms with Crippen LogP contribution in [-0.4, -0.2) is 9.55 Å². The first kappa shape index (κ1) is 16.7. The Morgan fingerprint density at radius 1 is 0.926 bits per heavy atom. The van der Waals surface area contributed by atoms with Crippen molar-refractivity contribution in [1.29, 1.82) is 5.26 Å². The summed E-state index contributed by atoms with van der Waals surface area (Å²) in [5.41, 5.74) is 2.92. The summed E-state index contributed by atoms with van der Waals surface area (Å²) in [6.45, 7) is 1.85. The zero-order valence-corrected chi connectivity index (χ0v) is 14.8. The first-order valence-electron chi connectivity index (χ1n) is 8.72. The number of benzene rings is 3. The van der Waals surface area contributed by atoms with Gasteiger partial charge in [-0.3, -0.25) is 9.36 Å². The fraction of sp³-hybridized carbons (Fsp3) is 0.0870. The van der Waals surface area contributed by atoms with Crippen LogP contribution < -0.4 is 5.56 Å². The van der Waals surface area contributed by atoms with E-state index in [0.717, 1.165) is 11.1 Å². The van der Waals surface area contributed by atoms with Gasteiger partial charge in [0.15, 0.2) is 0 Å². The van der Waals surface area contributed by atoms with E-state index >= 15 is 0 Å². The van der Waals surface area contributed by atoms with Crippen LogP contribution in [-0.2, 0) is 0 Å². The van der Waals surface area contributed by atoms with Crippen molar-refractivity contribution in [2.45, 2.75) is 13.0 Å². The zero-order valence-electron chi connectivity index (χ0n) is 14.8. The van der Waals surface area contributed by atoms with Crippen molar-refractivity contribution < 1.29 is 0 Å². The minimum Gasteiger partial charge on any atom is -0.285 e. The Morgan fingerprint density at radius 3 is 2.07 bits per heavy atom. The highest BCUT2D eigenvalue weighted by molar-refractivity contribution is 5.79. The van der Waals surface area contributed by atoms with E-state index < -0.39 is 0 Å². The van der Waals surface area contributed by atoms with Crippen molar-refractivity contribution in [1.82, 2.24) is 9.55 Å². The highest BCUT2D eigenvalue weighted by Crippen LogP contribution is 2.27. The van der Waals surface area contributed by atoms with Crippen LogP contribution in [0.5, 0.6) is 0 Å². The number of fused-ring (bicyclic) bond motifs is 1. The molecule has 0 unspecified atom stereocenters. The Balaban J connectivity index is 2.05. The first-order valence-corrected chi connectivity index (χ1v) is 8.72. The van der Waals surface area contributed by atoms with Crippen molar-refractivity contribution in [3.05, 3.63) is 112 Å². The van der Waals surface area contributed by atoms with E-state index in [9.17, 15) is 10.1 Å². The van der Waals surface area contributed by atoms with Gasteiger partial charge in [0.05, 0.1) is 28.6 Å². The second kappa shape index (κ2) is 6.89. The summed E-state index contributed by atoms with van der Waals surface area (Å²) < 4.78 is 1.72. The van der Waals surface area contributed by atoms with E-state index in [-0.39, 0.29) is 11.6 Å². The molecule has 4 nitrogen and oxygen atoms in total. The third-order valence-electron chi connectivity index (χ3n) is 4.69. The smallest absolute Gasteiger partial charge is 0.262 e. The number of hydrogen-bond acceptors (Lipinski definition) is 3. The molecule has 0 saturated carbocycles. The lowest BCUT2D eigenvalue weighted by Crippen LogP contribution is -2.29. The SMILES string of the molecule is Cc1nc2ccc(C#N)cc2c(=O)n1C(c1ccccc1)c1ccccc1. The number of aromatic nitrogens is 2. The van der Waals surface area contributed by atoms with Gasteiger partial charge in [-0.05, 0) is 36.2 Å². The van der Waals surface area contributed by atoms with Gasteiger partial charge < -0.3 is 0 Å². The van der Waals surface area contributed by atoms with Gasteiger partial charge in [-0.2, -0.15) is 5.26 Å². The largest absolute Gasteiger partial charge is 0.285 e. The molecule has 3 aromatic carbocycles. The maximum absolute atomic E-state index is 13.4. The zero-order chi connectivity index (χ0) is 18.8. The van der Waals surface area contributed by atoms with Crippen LogP contribution in [0, 0.1) is 18.3 Å². The molecule has 130 valence electrons. The molecule has 0 aliphatic rings. The molecule has 0 atom stereocenters. The van der Waals surface area contributed by atoms with Gasteiger partial charge in [-0.1, -0.05) is 60.7 Å². The molecule has 0 bridgehead atoms.